The molecular weight excluding hydrogens is 279 g/mol. The Morgan fingerprint density at radius 2 is 1.84 bits per heavy atom. The molecule has 1 saturated heterocycles. The summed E-state index contributed by atoms with van der Waals surface area (Å²) < 4.78 is 37.1. The summed E-state index contributed by atoms with van der Waals surface area (Å²) in [5.74, 6) is -0.189. The molecule has 2 rings (SSSR count). The molecule has 106 valence electrons. The first-order valence-corrected chi connectivity index (χ1v) is 5.90. The van der Waals surface area contributed by atoms with Crippen LogP contribution in [0.1, 0.15) is 28.8 Å². The van der Waals surface area contributed by atoms with Gasteiger partial charge in [-0.2, -0.15) is 13.2 Å². The fraction of sp³-hybridized carbons (Fsp3) is 0.462. The zero-order valence-electron chi connectivity index (χ0n) is 10.2. The summed E-state index contributed by atoms with van der Waals surface area (Å²) in [4.78, 5) is 12.0. The molecular formula is C13H15ClF3NO. The van der Waals surface area contributed by atoms with Gasteiger partial charge in [-0.05, 0) is 31.5 Å². The molecule has 0 radical (unpaired) electrons. The highest BCUT2D eigenvalue weighted by Gasteiger charge is 2.30. The van der Waals surface area contributed by atoms with Crippen LogP contribution in [0.3, 0.4) is 0 Å². The molecule has 19 heavy (non-hydrogen) atoms. The zero-order valence-corrected chi connectivity index (χ0v) is 11.0. The normalized spacial score (nSPS) is 19.6. The van der Waals surface area contributed by atoms with Crippen LogP contribution in [0.25, 0.3) is 0 Å². The Morgan fingerprint density at radius 1 is 1.21 bits per heavy atom. The summed E-state index contributed by atoms with van der Waals surface area (Å²) in [7, 11) is 0. The number of hydrogen-bond donors (Lipinski definition) is 1. The molecule has 0 spiro atoms. The Kier molecular flexibility index (Phi) is 5.38. The number of carbonyl (C=O) groups excluding carboxylic acids is 1. The highest BCUT2D eigenvalue weighted by Crippen LogP contribution is 2.29. The largest absolute Gasteiger partial charge is 0.416 e. The van der Waals surface area contributed by atoms with E-state index in [0.717, 1.165) is 31.5 Å². The van der Waals surface area contributed by atoms with Gasteiger partial charge in [-0.1, -0.05) is 12.1 Å². The average molecular weight is 294 g/mol. The Morgan fingerprint density at radius 3 is 2.32 bits per heavy atom. The van der Waals surface area contributed by atoms with E-state index in [0.29, 0.717) is 12.1 Å². The van der Waals surface area contributed by atoms with Crippen molar-refractivity contribution in [1.29, 1.82) is 0 Å². The summed E-state index contributed by atoms with van der Waals surface area (Å²) in [5, 5.41) is 3.12. The highest BCUT2D eigenvalue weighted by atomic mass is 35.5. The summed E-state index contributed by atoms with van der Waals surface area (Å²) >= 11 is 0. The average Bonchev–Trinajstić information content (AvgIpc) is 2.38. The minimum absolute atomic E-state index is 0. The van der Waals surface area contributed by atoms with Crippen LogP contribution >= 0.6 is 12.4 Å². The van der Waals surface area contributed by atoms with Crippen molar-refractivity contribution in [2.24, 2.45) is 5.92 Å². The van der Waals surface area contributed by atoms with Crippen LogP contribution in [0, 0.1) is 5.92 Å². The van der Waals surface area contributed by atoms with Crippen LogP contribution in [-0.2, 0) is 6.18 Å². The van der Waals surface area contributed by atoms with Crippen molar-refractivity contribution in [3.63, 3.8) is 0 Å². The maximum absolute atomic E-state index is 12.4. The first-order valence-electron chi connectivity index (χ1n) is 5.90. The number of rotatable bonds is 2. The molecule has 0 aliphatic carbocycles. The van der Waals surface area contributed by atoms with E-state index < -0.39 is 11.7 Å². The second-order valence-corrected chi connectivity index (χ2v) is 4.48. The lowest BCUT2D eigenvalue weighted by Crippen LogP contribution is -2.34. The van der Waals surface area contributed by atoms with E-state index >= 15 is 0 Å². The Bertz CT molecular complexity index is 425. The number of halogens is 4. The van der Waals surface area contributed by atoms with Gasteiger partial charge in [0, 0.05) is 18.0 Å². The molecule has 1 N–H and O–H groups in total. The molecule has 0 aromatic heterocycles. The summed E-state index contributed by atoms with van der Waals surface area (Å²) in [5.41, 5.74) is -0.363. The molecule has 1 atom stereocenters. The van der Waals surface area contributed by atoms with Crippen LogP contribution in [0.2, 0.25) is 0 Å². The summed E-state index contributed by atoms with van der Waals surface area (Å²) in [6.07, 6.45) is -2.63. The van der Waals surface area contributed by atoms with Crippen LogP contribution in [0.4, 0.5) is 13.2 Å². The minimum Gasteiger partial charge on any atom is -0.316 e. The third-order valence-electron chi connectivity index (χ3n) is 3.16. The maximum atomic E-state index is 12.4. The Labute approximate surface area is 115 Å². The Hall–Kier alpha value is -1.07. The molecule has 1 unspecified atom stereocenters. The van der Waals surface area contributed by atoms with Crippen molar-refractivity contribution in [2.45, 2.75) is 19.0 Å². The topological polar surface area (TPSA) is 29.1 Å². The van der Waals surface area contributed by atoms with Gasteiger partial charge >= 0.3 is 6.18 Å². The predicted octanol–water partition coefficient (Wildman–Crippen LogP) is 3.31. The summed E-state index contributed by atoms with van der Waals surface area (Å²) in [6, 6.07) is 4.45. The van der Waals surface area contributed by atoms with Crippen molar-refractivity contribution in [3.8, 4) is 0 Å². The predicted molar refractivity (Wildman–Crippen MR) is 68.6 cm³/mol. The standard InChI is InChI=1S/C13H14F3NO.ClH/c14-13(15,16)11-5-3-9(4-6-11)12(18)10-2-1-7-17-8-10;/h3-6,10,17H,1-2,7-8H2;1H. The lowest BCUT2D eigenvalue weighted by Gasteiger charge is -2.21. The first-order chi connectivity index (χ1) is 8.48. The number of piperidine rings is 1. The quantitative estimate of drug-likeness (QED) is 0.848. The van der Waals surface area contributed by atoms with Crippen LogP contribution in [-0.4, -0.2) is 18.9 Å². The number of Topliss-reactive ketones (excluding diaryl/α,β-unsaturated/α-hetero) is 1. The molecule has 1 aromatic rings. The number of ketones is 1. The minimum atomic E-state index is -4.35. The number of alkyl halides is 3. The summed E-state index contributed by atoms with van der Waals surface area (Å²) in [6.45, 7) is 1.51. The highest BCUT2D eigenvalue weighted by molar-refractivity contribution is 5.98. The van der Waals surface area contributed by atoms with Gasteiger partial charge in [0.25, 0.3) is 0 Å². The second-order valence-electron chi connectivity index (χ2n) is 4.48. The van der Waals surface area contributed by atoms with Gasteiger partial charge in [0.15, 0.2) is 5.78 Å². The molecule has 6 heteroatoms. The first kappa shape index (κ1) is 16.0. The number of carbonyl (C=O) groups is 1. The number of hydrogen-bond acceptors (Lipinski definition) is 2. The zero-order chi connectivity index (χ0) is 13.2. The van der Waals surface area contributed by atoms with E-state index in [1.165, 1.54) is 12.1 Å². The molecule has 2 nitrogen and oxygen atoms in total. The number of nitrogens with one attached hydrogen (secondary N) is 1. The Balaban J connectivity index is 0.00000180. The van der Waals surface area contributed by atoms with E-state index in [9.17, 15) is 18.0 Å². The van der Waals surface area contributed by atoms with E-state index in [1.54, 1.807) is 0 Å². The molecule has 0 bridgehead atoms. The smallest absolute Gasteiger partial charge is 0.316 e. The van der Waals surface area contributed by atoms with Gasteiger partial charge in [-0.15, -0.1) is 12.4 Å². The number of benzene rings is 1. The molecule has 1 heterocycles. The van der Waals surface area contributed by atoms with Gasteiger partial charge in [0.1, 0.15) is 0 Å². The molecule has 0 amide bonds. The third kappa shape index (κ3) is 3.94. The monoisotopic (exact) mass is 293 g/mol. The van der Waals surface area contributed by atoms with Gasteiger partial charge in [-0.25, -0.2) is 0 Å². The van der Waals surface area contributed by atoms with Crippen LogP contribution < -0.4 is 5.32 Å². The van der Waals surface area contributed by atoms with Crippen molar-refractivity contribution < 1.29 is 18.0 Å². The van der Waals surface area contributed by atoms with Gasteiger partial charge in [-0.3, -0.25) is 4.79 Å². The van der Waals surface area contributed by atoms with Gasteiger partial charge in [0.05, 0.1) is 5.56 Å². The van der Waals surface area contributed by atoms with Crippen molar-refractivity contribution >= 4 is 18.2 Å². The van der Waals surface area contributed by atoms with Crippen LogP contribution in [0.5, 0.6) is 0 Å². The fourth-order valence-electron chi connectivity index (χ4n) is 2.13. The molecule has 1 aliphatic rings. The molecule has 1 aliphatic heterocycles. The lowest BCUT2D eigenvalue weighted by molar-refractivity contribution is -0.137. The lowest BCUT2D eigenvalue weighted by atomic mass is 9.91. The second kappa shape index (κ2) is 6.39. The van der Waals surface area contributed by atoms with E-state index in [1.807, 2.05) is 0 Å². The fourth-order valence-corrected chi connectivity index (χ4v) is 2.13. The maximum Gasteiger partial charge on any atom is 0.416 e. The molecule has 1 aromatic carbocycles. The van der Waals surface area contributed by atoms with Gasteiger partial charge < -0.3 is 5.32 Å². The van der Waals surface area contributed by atoms with E-state index in [4.69, 9.17) is 0 Å². The van der Waals surface area contributed by atoms with E-state index in [2.05, 4.69) is 5.32 Å². The molecule has 1 fully saturated rings. The van der Waals surface area contributed by atoms with Gasteiger partial charge in [0.2, 0.25) is 0 Å². The van der Waals surface area contributed by atoms with E-state index in [-0.39, 0.29) is 24.1 Å². The van der Waals surface area contributed by atoms with Crippen molar-refractivity contribution in [2.75, 3.05) is 13.1 Å². The molecule has 0 saturated carbocycles. The third-order valence-corrected chi connectivity index (χ3v) is 3.16. The van der Waals surface area contributed by atoms with Crippen LogP contribution in [0.15, 0.2) is 24.3 Å². The SMILES string of the molecule is Cl.O=C(c1ccc(C(F)(F)F)cc1)C1CCCNC1. The van der Waals surface area contributed by atoms with Crippen molar-refractivity contribution in [1.82, 2.24) is 5.32 Å². The van der Waals surface area contributed by atoms with Crippen molar-refractivity contribution in [3.05, 3.63) is 35.4 Å².